The van der Waals surface area contributed by atoms with Gasteiger partial charge in [0, 0.05) is 0 Å². The van der Waals surface area contributed by atoms with Crippen LogP contribution in [0.3, 0.4) is 0 Å². The normalized spacial score (nSPS) is 14.1. The van der Waals surface area contributed by atoms with E-state index < -0.39 is 29.8 Å². The van der Waals surface area contributed by atoms with Crippen molar-refractivity contribution in [3.8, 4) is 0 Å². The molecule has 1 aromatic heterocycles. The fourth-order valence-electron chi connectivity index (χ4n) is 1.59. The van der Waals surface area contributed by atoms with Crippen molar-refractivity contribution in [3.05, 3.63) is 22.4 Å². The predicted molar refractivity (Wildman–Crippen MR) is 79.1 cm³/mol. The Morgan fingerprint density at radius 1 is 1.43 bits per heavy atom. The van der Waals surface area contributed by atoms with Gasteiger partial charge in [0.05, 0.1) is 12.6 Å². The molecular formula is C14H21NO5S. The van der Waals surface area contributed by atoms with E-state index >= 15 is 0 Å². The average molecular weight is 315 g/mol. The average Bonchev–Trinajstić information content (AvgIpc) is 2.86. The number of rotatable bonds is 5. The van der Waals surface area contributed by atoms with Crippen LogP contribution >= 0.6 is 11.3 Å². The summed E-state index contributed by atoms with van der Waals surface area (Å²) in [6, 6.07) is 0.806. The first-order valence-electron chi connectivity index (χ1n) is 6.61. The molecule has 0 aliphatic rings. The van der Waals surface area contributed by atoms with Gasteiger partial charge in [-0.3, -0.25) is 0 Å². The molecule has 21 heavy (non-hydrogen) atoms. The van der Waals surface area contributed by atoms with E-state index in [1.54, 1.807) is 44.5 Å². The fourth-order valence-corrected chi connectivity index (χ4v) is 2.29. The van der Waals surface area contributed by atoms with Crippen LogP contribution in [0.4, 0.5) is 4.79 Å². The molecule has 0 aromatic carbocycles. The van der Waals surface area contributed by atoms with Crippen LogP contribution < -0.4 is 5.32 Å². The monoisotopic (exact) mass is 315 g/mol. The molecule has 0 saturated heterocycles. The van der Waals surface area contributed by atoms with Crippen LogP contribution in [0, 0.1) is 0 Å². The first-order valence-corrected chi connectivity index (χ1v) is 7.55. The first kappa shape index (κ1) is 17.5. The summed E-state index contributed by atoms with van der Waals surface area (Å²) in [5.41, 5.74) is -0.0514. The zero-order valence-corrected chi connectivity index (χ0v) is 13.4. The largest absolute Gasteiger partial charge is 0.464 e. The molecule has 0 spiro atoms. The Balaban J connectivity index is 2.84. The van der Waals surface area contributed by atoms with Gasteiger partial charge in [-0.2, -0.15) is 11.3 Å². The van der Waals surface area contributed by atoms with E-state index in [2.05, 4.69) is 5.32 Å². The molecule has 0 saturated carbocycles. The fraction of sp³-hybridized carbons (Fsp3) is 0.571. The number of esters is 1. The topological polar surface area (TPSA) is 84.9 Å². The molecular weight excluding hydrogens is 294 g/mol. The summed E-state index contributed by atoms with van der Waals surface area (Å²) in [7, 11) is 0. The first-order chi connectivity index (χ1) is 9.74. The van der Waals surface area contributed by atoms with Crippen molar-refractivity contribution in [2.75, 3.05) is 6.61 Å². The molecule has 118 valence electrons. The van der Waals surface area contributed by atoms with Gasteiger partial charge in [0.25, 0.3) is 0 Å². The highest BCUT2D eigenvalue weighted by molar-refractivity contribution is 7.08. The molecule has 0 bridgehead atoms. The molecule has 0 aliphatic carbocycles. The van der Waals surface area contributed by atoms with Gasteiger partial charge in [-0.25, -0.2) is 9.59 Å². The summed E-state index contributed by atoms with van der Waals surface area (Å²) in [6.45, 7) is 6.99. The summed E-state index contributed by atoms with van der Waals surface area (Å²) in [5, 5.41) is 16.1. The van der Waals surface area contributed by atoms with E-state index in [1.165, 1.54) is 11.3 Å². The second-order valence-electron chi connectivity index (χ2n) is 5.38. The minimum Gasteiger partial charge on any atom is -0.464 e. The summed E-state index contributed by atoms with van der Waals surface area (Å²) < 4.78 is 9.93. The van der Waals surface area contributed by atoms with Gasteiger partial charge >= 0.3 is 12.1 Å². The van der Waals surface area contributed by atoms with Crippen LogP contribution in [0.5, 0.6) is 0 Å². The lowest BCUT2D eigenvalue weighted by Gasteiger charge is -2.25. The smallest absolute Gasteiger partial charge is 0.408 e. The second kappa shape index (κ2) is 7.42. The number of thiophene rings is 1. The molecule has 1 rings (SSSR count). The second-order valence-corrected chi connectivity index (χ2v) is 6.16. The van der Waals surface area contributed by atoms with E-state index in [1.807, 2.05) is 0 Å². The van der Waals surface area contributed by atoms with Crippen LogP contribution in [0.25, 0.3) is 0 Å². The summed E-state index contributed by atoms with van der Waals surface area (Å²) in [4.78, 5) is 23.5. The number of hydrogen-bond donors (Lipinski definition) is 2. The SMILES string of the molecule is CCOC(=O)[C@H](O)[C@H](NC(=O)OC(C)(C)C)c1ccsc1. The quantitative estimate of drug-likeness (QED) is 0.814. The Bertz CT molecular complexity index is 466. The van der Waals surface area contributed by atoms with Gasteiger partial charge in [-0.1, -0.05) is 0 Å². The van der Waals surface area contributed by atoms with E-state index in [-0.39, 0.29) is 6.61 Å². The number of carbonyl (C=O) groups excluding carboxylic acids is 2. The van der Waals surface area contributed by atoms with E-state index in [9.17, 15) is 14.7 Å². The summed E-state index contributed by atoms with van der Waals surface area (Å²) in [6.07, 6.45) is -2.20. The van der Waals surface area contributed by atoms with Crippen molar-refractivity contribution < 1.29 is 24.2 Å². The van der Waals surface area contributed by atoms with Crippen molar-refractivity contribution >= 4 is 23.4 Å². The third kappa shape index (κ3) is 5.73. The highest BCUT2D eigenvalue weighted by Gasteiger charge is 2.31. The number of aliphatic hydroxyl groups excluding tert-OH is 1. The lowest BCUT2D eigenvalue weighted by atomic mass is 10.1. The predicted octanol–water partition coefficient (Wildman–Crippen LogP) is 2.24. The number of hydrogen-bond acceptors (Lipinski definition) is 6. The third-order valence-electron chi connectivity index (χ3n) is 2.42. The van der Waals surface area contributed by atoms with Crippen LogP contribution in [0.15, 0.2) is 16.8 Å². The number of ether oxygens (including phenoxy) is 2. The maximum atomic E-state index is 11.9. The van der Waals surface area contributed by atoms with E-state index in [0.717, 1.165) is 0 Å². The molecule has 1 amide bonds. The van der Waals surface area contributed by atoms with Crippen molar-refractivity contribution in [1.82, 2.24) is 5.32 Å². The molecule has 0 unspecified atom stereocenters. The summed E-state index contributed by atoms with van der Waals surface area (Å²) in [5.74, 6) is -0.787. The number of aliphatic hydroxyl groups is 1. The van der Waals surface area contributed by atoms with E-state index in [4.69, 9.17) is 9.47 Å². The Morgan fingerprint density at radius 3 is 2.57 bits per heavy atom. The maximum Gasteiger partial charge on any atom is 0.408 e. The van der Waals surface area contributed by atoms with Gasteiger partial charge in [-0.15, -0.1) is 0 Å². The molecule has 6 nitrogen and oxygen atoms in total. The van der Waals surface area contributed by atoms with Crippen LogP contribution in [-0.2, 0) is 14.3 Å². The van der Waals surface area contributed by atoms with Crippen molar-refractivity contribution in [1.29, 1.82) is 0 Å². The van der Waals surface area contributed by atoms with Crippen molar-refractivity contribution in [2.45, 2.75) is 45.4 Å². The van der Waals surface area contributed by atoms with Crippen LogP contribution in [0.2, 0.25) is 0 Å². The molecule has 7 heteroatoms. The number of carbonyl (C=O) groups is 2. The Morgan fingerprint density at radius 2 is 2.10 bits per heavy atom. The molecule has 2 atom stereocenters. The van der Waals surface area contributed by atoms with Crippen molar-refractivity contribution in [3.63, 3.8) is 0 Å². The van der Waals surface area contributed by atoms with Crippen molar-refractivity contribution in [2.24, 2.45) is 0 Å². The summed E-state index contributed by atoms with van der Waals surface area (Å²) >= 11 is 1.40. The Hall–Kier alpha value is -1.60. The lowest BCUT2D eigenvalue weighted by Crippen LogP contribution is -2.43. The molecule has 1 aromatic rings. The molecule has 0 aliphatic heterocycles. The molecule has 2 N–H and O–H groups in total. The van der Waals surface area contributed by atoms with Gasteiger partial charge in [0.1, 0.15) is 5.60 Å². The molecule has 0 radical (unpaired) electrons. The third-order valence-corrected chi connectivity index (χ3v) is 3.12. The molecule has 0 fully saturated rings. The van der Waals surface area contributed by atoms with Gasteiger partial charge < -0.3 is 19.9 Å². The number of amides is 1. The minimum atomic E-state index is -1.49. The highest BCUT2D eigenvalue weighted by atomic mass is 32.1. The van der Waals surface area contributed by atoms with Gasteiger partial charge in [0.2, 0.25) is 0 Å². The zero-order chi connectivity index (χ0) is 16.0. The molecule has 1 heterocycles. The highest BCUT2D eigenvalue weighted by Crippen LogP contribution is 2.21. The lowest BCUT2D eigenvalue weighted by molar-refractivity contribution is -0.154. The van der Waals surface area contributed by atoms with Crippen LogP contribution in [0.1, 0.15) is 39.3 Å². The number of alkyl carbamates (subject to hydrolysis) is 1. The maximum absolute atomic E-state index is 11.9. The van der Waals surface area contributed by atoms with Gasteiger partial charge in [0.15, 0.2) is 6.10 Å². The zero-order valence-electron chi connectivity index (χ0n) is 12.6. The van der Waals surface area contributed by atoms with E-state index in [0.29, 0.717) is 5.56 Å². The van der Waals surface area contributed by atoms with Gasteiger partial charge in [-0.05, 0) is 50.1 Å². The number of nitrogens with one attached hydrogen (secondary N) is 1. The van der Waals surface area contributed by atoms with Crippen LogP contribution in [-0.4, -0.2) is 35.5 Å². The Kier molecular flexibility index (Phi) is 6.17. The minimum absolute atomic E-state index is 0.151. The Labute approximate surface area is 128 Å². The standard InChI is InChI=1S/C14H21NO5S/c1-5-19-12(17)11(16)10(9-6-7-21-8-9)15-13(18)20-14(2,3)4/h6-8,10-11,16H,5H2,1-4H3,(H,15,18)/t10-,11-/m1/s1.